The Hall–Kier alpha value is -1.93. The van der Waals surface area contributed by atoms with Crippen LogP contribution in [0.4, 0.5) is 0 Å². The topological polar surface area (TPSA) is 108 Å². The molecule has 1 aliphatic heterocycles. The van der Waals surface area contributed by atoms with Crippen molar-refractivity contribution >= 4 is 11.8 Å². The number of aryl methyl sites for hydroxylation is 1. The minimum absolute atomic E-state index is 0.187. The number of carbonyl (C=O) groups is 2. The zero-order valence-corrected chi connectivity index (χ0v) is 11.2. The molecule has 0 spiro atoms. The number of rotatable bonds is 5. The van der Waals surface area contributed by atoms with Crippen LogP contribution >= 0.6 is 0 Å². The quantitative estimate of drug-likeness (QED) is 0.706. The first kappa shape index (κ1) is 14.5. The van der Waals surface area contributed by atoms with Gasteiger partial charge in [-0.25, -0.2) is 0 Å². The first-order valence-electron chi connectivity index (χ1n) is 6.33. The van der Waals surface area contributed by atoms with Crippen molar-refractivity contribution in [2.24, 2.45) is 12.8 Å². The molecule has 0 saturated carbocycles. The number of carbonyl (C=O) groups excluding carboxylic acids is 2. The van der Waals surface area contributed by atoms with E-state index in [1.165, 1.54) is 6.20 Å². The Morgan fingerprint density at radius 2 is 2.45 bits per heavy atom. The van der Waals surface area contributed by atoms with Gasteiger partial charge in [0.15, 0.2) is 0 Å². The summed E-state index contributed by atoms with van der Waals surface area (Å²) in [4.78, 5) is 22.8. The average Bonchev–Trinajstić information content (AvgIpc) is 2.84. The third-order valence-corrected chi connectivity index (χ3v) is 3.03. The van der Waals surface area contributed by atoms with Crippen LogP contribution < -0.4 is 11.1 Å². The Labute approximate surface area is 116 Å². The van der Waals surface area contributed by atoms with Gasteiger partial charge in [0.2, 0.25) is 5.91 Å². The Morgan fingerprint density at radius 1 is 1.65 bits per heavy atom. The van der Waals surface area contributed by atoms with Gasteiger partial charge in [-0.1, -0.05) is 0 Å². The van der Waals surface area contributed by atoms with Crippen molar-refractivity contribution in [3.05, 3.63) is 18.0 Å². The number of hydrogen-bond donors (Lipinski definition) is 2. The average molecular weight is 282 g/mol. The second kappa shape index (κ2) is 6.49. The molecule has 0 aromatic carbocycles. The molecule has 1 saturated heterocycles. The van der Waals surface area contributed by atoms with Gasteiger partial charge in [-0.3, -0.25) is 14.3 Å². The lowest BCUT2D eigenvalue weighted by atomic mass is 10.1. The summed E-state index contributed by atoms with van der Waals surface area (Å²) in [7, 11) is 1.74. The number of ether oxygens (including phenoxy) is 2. The number of amides is 2. The zero-order chi connectivity index (χ0) is 14.5. The molecule has 3 N–H and O–H groups in total. The summed E-state index contributed by atoms with van der Waals surface area (Å²) in [6, 6.07) is -0.212. The second-order valence-corrected chi connectivity index (χ2v) is 4.66. The molecule has 0 aliphatic carbocycles. The molecular weight excluding hydrogens is 264 g/mol. The van der Waals surface area contributed by atoms with Crippen LogP contribution in [-0.4, -0.2) is 53.6 Å². The maximum atomic E-state index is 12.1. The molecule has 1 aliphatic rings. The predicted molar refractivity (Wildman–Crippen MR) is 68.8 cm³/mol. The van der Waals surface area contributed by atoms with E-state index in [4.69, 9.17) is 15.2 Å². The van der Waals surface area contributed by atoms with Gasteiger partial charge in [0, 0.05) is 19.9 Å². The van der Waals surface area contributed by atoms with Gasteiger partial charge in [0.05, 0.1) is 24.4 Å². The molecule has 0 bridgehead atoms. The van der Waals surface area contributed by atoms with E-state index >= 15 is 0 Å². The molecule has 2 rings (SSSR count). The molecule has 8 nitrogen and oxygen atoms in total. The van der Waals surface area contributed by atoms with Crippen LogP contribution in [0, 0.1) is 0 Å². The van der Waals surface area contributed by atoms with E-state index in [-0.39, 0.29) is 24.7 Å². The summed E-state index contributed by atoms with van der Waals surface area (Å²) in [6.45, 7) is 0.674. The predicted octanol–water partition coefficient (Wildman–Crippen LogP) is -1.19. The van der Waals surface area contributed by atoms with Crippen LogP contribution in [0.3, 0.4) is 0 Å². The number of hydrogen-bond acceptors (Lipinski definition) is 5. The fourth-order valence-corrected chi connectivity index (χ4v) is 2.02. The van der Waals surface area contributed by atoms with E-state index in [2.05, 4.69) is 10.4 Å². The molecule has 1 fully saturated rings. The van der Waals surface area contributed by atoms with Crippen molar-refractivity contribution in [3.63, 3.8) is 0 Å². The standard InChI is InChI=1S/C12H18N4O4/c1-16-5-8(4-14-16)12(18)15-9-2-3-19-6-10(9)20-7-11(13)17/h4-5,9-10H,2-3,6-7H2,1H3,(H2,13,17)(H,15,18)/t9-,10-/m1/s1. The molecule has 1 aromatic heterocycles. The minimum Gasteiger partial charge on any atom is -0.379 e. The Balaban J connectivity index is 1.94. The number of nitrogens with one attached hydrogen (secondary N) is 1. The van der Waals surface area contributed by atoms with Crippen LogP contribution in [0.5, 0.6) is 0 Å². The molecule has 110 valence electrons. The molecule has 0 radical (unpaired) electrons. The SMILES string of the molecule is Cn1cc(C(=O)N[C@@H]2CCOC[C@H]2OCC(N)=O)cn1. The van der Waals surface area contributed by atoms with Crippen molar-refractivity contribution < 1.29 is 19.1 Å². The lowest BCUT2D eigenvalue weighted by molar-refractivity contribution is -0.129. The summed E-state index contributed by atoms with van der Waals surface area (Å²) in [6.07, 6.45) is 3.37. The lowest BCUT2D eigenvalue weighted by Crippen LogP contribution is -2.50. The van der Waals surface area contributed by atoms with Crippen molar-refractivity contribution in [1.82, 2.24) is 15.1 Å². The van der Waals surface area contributed by atoms with E-state index in [1.54, 1.807) is 17.9 Å². The van der Waals surface area contributed by atoms with Crippen molar-refractivity contribution in [3.8, 4) is 0 Å². The minimum atomic E-state index is -0.548. The summed E-state index contributed by atoms with van der Waals surface area (Å²) in [5.74, 6) is -0.773. The zero-order valence-electron chi connectivity index (χ0n) is 11.2. The second-order valence-electron chi connectivity index (χ2n) is 4.66. The smallest absolute Gasteiger partial charge is 0.254 e. The van der Waals surface area contributed by atoms with E-state index in [0.29, 0.717) is 25.2 Å². The molecule has 2 atom stereocenters. The van der Waals surface area contributed by atoms with Gasteiger partial charge >= 0.3 is 0 Å². The number of nitrogens with two attached hydrogens (primary N) is 1. The van der Waals surface area contributed by atoms with Gasteiger partial charge in [-0.15, -0.1) is 0 Å². The Kier molecular flexibility index (Phi) is 4.70. The third-order valence-electron chi connectivity index (χ3n) is 3.03. The first-order valence-corrected chi connectivity index (χ1v) is 6.33. The maximum absolute atomic E-state index is 12.1. The highest BCUT2D eigenvalue weighted by Gasteiger charge is 2.28. The molecule has 0 unspecified atom stereocenters. The van der Waals surface area contributed by atoms with Crippen LogP contribution in [0.15, 0.2) is 12.4 Å². The summed E-state index contributed by atoms with van der Waals surface area (Å²) >= 11 is 0. The van der Waals surface area contributed by atoms with Crippen LogP contribution in [0.25, 0.3) is 0 Å². The normalized spacial score (nSPS) is 22.4. The molecule has 8 heteroatoms. The highest BCUT2D eigenvalue weighted by Crippen LogP contribution is 2.12. The highest BCUT2D eigenvalue weighted by atomic mass is 16.5. The van der Waals surface area contributed by atoms with Crippen molar-refractivity contribution in [2.45, 2.75) is 18.6 Å². The summed E-state index contributed by atoms with van der Waals surface area (Å²) in [5, 5.41) is 6.82. The number of aromatic nitrogens is 2. The van der Waals surface area contributed by atoms with E-state index in [1.807, 2.05) is 0 Å². The highest BCUT2D eigenvalue weighted by molar-refractivity contribution is 5.93. The molecular formula is C12H18N4O4. The molecule has 1 aromatic rings. The van der Waals surface area contributed by atoms with Gasteiger partial charge in [-0.05, 0) is 6.42 Å². The maximum Gasteiger partial charge on any atom is 0.254 e. The summed E-state index contributed by atoms with van der Waals surface area (Å²) < 4.78 is 12.2. The largest absolute Gasteiger partial charge is 0.379 e. The lowest BCUT2D eigenvalue weighted by Gasteiger charge is -2.31. The van der Waals surface area contributed by atoms with E-state index in [0.717, 1.165) is 0 Å². The Bertz CT molecular complexity index is 488. The molecule has 2 amide bonds. The van der Waals surface area contributed by atoms with Crippen molar-refractivity contribution in [1.29, 1.82) is 0 Å². The third kappa shape index (κ3) is 3.78. The van der Waals surface area contributed by atoms with Gasteiger partial charge < -0.3 is 20.5 Å². The van der Waals surface area contributed by atoms with Gasteiger partial charge in [0.25, 0.3) is 5.91 Å². The van der Waals surface area contributed by atoms with Gasteiger partial charge in [0.1, 0.15) is 12.7 Å². The monoisotopic (exact) mass is 282 g/mol. The fraction of sp³-hybridized carbons (Fsp3) is 0.583. The van der Waals surface area contributed by atoms with Gasteiger partial charge in [-0.2, -0.15) is 5.10 Å². The number of primary amides is 1. The van der Waals surface area contributed by atoms with Crippen LogP contribution in [0.2, 0.25) is 0 Å². The first-order chi connectivity index (χ1) is 9.56. The van der Waals surface area contributed by atoms with E-state index in [9.17, 15) is 9.59 Å². The summed E-state index contributed by atoms with van der Waals surface area (Å²) in [5.41, 5.74) is 5.53. The Morgan fingerprint density at radius 3 is 3.10 bits per heavy atom. The van der Waals surface area contributed by atoms with Crippen molar-refractivity contribution in [2.75, 3.05) is 19.8 Å². The van der Waals surface area contributed by atoms with E-state index < -0.39 is 5.91 Å². The molecule has 20 heavy (non-hydrogen) atoms. The van der Waals surface area contributed by atoms with Crippen LogP contribution in [0.1, 0.15) is 16.8 Å². The molecule has 2 heterocycles. The fourth-order valence-electron chi connectivity index (χ4n) is 2.02. The van der Waals surface area contributed by atoms with Crippen LogP contribution in [-0.2, 0) is 21.3 Å². The number of nitrogens with zero attached hydrogens (tertiary/aromatic N) is 2.